The summed E-state index contributed by atoms with van der Waals surface area (Å²) in [4.78, 5) is 0. The van der Waals surface area contributed by atoms with E-state index in [-0.39, 0.29) is 36.2 Å². The highest BCUT2D eigenvalue weighted by Gasteiger charge is 2.72. The van der Waals surface area contributed by atoms with Gasteiger partial charge in [0.1, 0.15) is 12.2 Å². The van der Waals surface area contributed by atoms with Crippen molar-refractivity contribution in [1.82, 2.24) is 4.72 Å². The number of aliphatic hydroxyl groups excluding tert-OH is 3. The van der Waals surface area contributed by atoms with Gasteiger partial charge in [-0.2, -0.15) is 21.6 Å². The maximum atomic E-state index is 13.0. The Morgan fingerprint density at radius 1 is 0.884 bits per heavy atom. The molecule has 12 nitrogen and oxygen atoms in total. The topological polar surface area (TPSA) is 189 Å². The van der Waals surface area contributed by atoms with Gasteiger partial charge in [0, 0.05) is 18.9 Å². The van der Waals surface area contributed by atoms with Gasteiger partial charge in [-0.25, -0.2) is 4.18 Å². The zero-order valence-electron chi connectivity index (χ0n) is 26.2. The lowest BCUT2D eigenvalue weighted by Gasteiger charge is -2.64. The third-order valence-electron chi connectivity index (χ3n) is 12.8. The minimum absolute atomic E-state index is 0.0366. The van der Waals surface area contributed by atoms with Crippen LogP contribution in [0.2, 0.25) is 0 Å². The van der Waals surface area contributed by atoms with Crippen molar-refractivity contribution in [3.8, 4) is 0 Å². The molecule has 16 atom stereocenters. The number of hydrogen-bond acceptors (Lipinski definition) is 10. The largest absolute Gasteiger partial charge is 0.397 e. The molecule has 1 saturated heterocycles. The zero-order valence-corrected chi connectivity index (χ0v) is 27.8. The minimum Gasteiger partial charge on any atom is -0.390 e. The molecule has 0 aromatic rings. The van der Waals surface area contributed by atoms with Crippen molar-refractivity contribution < 1.29 is 49.8 Å². The van der Waals surface area contributed by atoms with Gasteiger partial charge in [-0.15, -0.1) is 0 Å². The molecule has 5 rings (SSSR count). The number of rotatable bonds is 7. The van der Waals surface area contributed by atoms with Gasteiger partial charge < -0.3 is 20.1 Å². The van der Waals surface area contributed by atoms with Crippen LogP contribution in [-0.4, -0.2) is 86.5 Å². The smallest absolute Gasteiger partial charge is 0.390 e. The number of fused-ring (bicyclic) bond motifs is 7. The van der Waals surface area contributed by atoms with Crippen LogP contribution in [0.4, 0.5) is 0 Å². The van der Waals surface area contributed by atoms with E-state index in [0.29, 0.717) is 25.2 Å². The maximum absolute atomic E-state index is 13.0. The molecule has 4 saturated carbocycles. The van der Waals surface area contributed by atoms with E-state index in [4.69, 9.17) is 13.1 Å². The van der Waals surface area contributed by atoms with Crippen molar-refractivity contribution in [2.75, 3.05) is 7.05 Å². The van der Waals surface area contributed by atoms with Crippen molar-refractivity contribution >= 4 is 20.7 Å². The average molecular weight is 654 g/mol. The van der Waals surface area contributed by atoms with E-state index in [1.165, 1.54) is 7.05 Å². The van der Waals surface area contributed by atoms with Crippen molar-refractivity contribution in [2.45, 2.75) is 116 Å². The molecule has 0 radical (unpaired) electrons. The predicted molar refractivity (Wildman–Crippen MR) is 156 cm³/mol. The van der Waals surface area contributed by atoms with Gasteiger partial charge in [0.2, 0.25) is 0 Å². The molecule has 5 aliphatic rings. The predicted octanol–water partition coefficient (Wildman–Crippen LogP) is 1.90. The molecule has 14 heteroatoms. The second kappa shape index (κ2) is 11.4. The summed E-state index contributed by atoms with van der Waals surface area (Å²) < 4.78 is 78.0. The molecular formula is C29H51NO11S2. The number of ether oxygens (including phenoxy) is 1. The van der Waals surface area contributed by atoms with Crippen LogP contribution in [0.3, 0.4) is 0 Å². The van der Waals surface area contributed by atoms with Gasteiger partial charge in [-0.3, -0.25) is 8.74 Å². The zero-order chi connectivity index (χ0) is 32.0. The molecule has 0 unspecified atom stereocenters. The van der Waals surface area contributed by atoms with Crippen molar-refractivity contribution in [2.24, 2.45) is 58.2 Å². The van der Waals surface area contributed by atoms with Crippen LogP contribution >= 0.6 is 0 Å². The summed E-state index contributed by atoms with van der Waals surface area (Å²) in [6, 6.07) is 0. The first-order valence-electron chi connectivity index (χ1n) is 15.7. The molecule has 0 aromatic heterocycles. The summed E-state index contributed by atoms with van der Waals surface area (Å²) in [6.45, 7) is 12.7. The second-order valence-electron chi connectivity index (χ2n) is 15.1. The lowest BCUT2D eigenvalue weighted by molar-refractivity contribution is -0.253. The highest BCUT2D eigenvalue weighted by atomic mass is 32.3. The third-order valence-corrected chi connectivity index (χ3v) is 14.3. The Morgan fingerprint density at radius 2 is 1.51 bits per heavy atom. The van der Waals surface area contributed by atoms with E-state index < -0.39 is 85.9 Å². The Bertz CT molecular complexity index is 1260. The van der Waals surface area contributed by atoms with Crippen LogP contribution in [0.5, 0.6) is 0 Å². The van der Waals surface area contributed by atoms with E-state index in [0.717, 1.165) is 6.42 Å². The molecule has 1 heterocycles. The quantitative estimate of drug-likeness (QED) is 0.253. The van der Waals surface area contributed by atoms with E-state index in [1.54, 1.807) is 0 Å². The molecule has 1 aliphatic heterocycles. The molecule has 0 spiro atoms. The van der Waals surface area contributed by atoms with Crippen LogP contribution in [0.25, 0.3) is 0 Å². The first-order valence-corrected chi connectivity index (χ1v) is 18.5. The molecule has 0 amide bonds. The monoisotopic (exact) mass is 653 g/mol. The number of aliphatic hydroxyl groups is 3. The van der Waals surface area contributed by atoms with Gasteiger partial charge in [0.05, 0.1) is 30.5 Å². The Balaban J connectivity index is 1.57. The fraction of sp³-hybridized carbons (Fsp3) is 1.00. The molecule has 43 heavy (non-hydrogen) atoms. The third kappa shape index (κ3) is 5.53. The molecule has 0 bridgehead atoms. The van der Waals surface area contributed by atoms with E-state index in [1.807, 2.05) is 6.92 Å². The molecule has 0 aromatic carbocycles. The first-order chi connectivity index (χ1) is 19.8. The fourth-order valence-electron chi connectivity index (χ4n) is 10.6. The Labute approximate surface area is 256 Å². The van der Waals surface area contributed by atoms with E-state index in [9.17, 15) is 36.7 Å². The fourth-order valence-corrected chi connectivity index (χ4v) is 11.8. The summed E-state index contributed by atoms with van der Waals surface area (Å²) in [5.74, 6) is -1.46. The van der Waals surface area contributed by atoms with Crippen LogP contribution in [0.15, 0.2) is 0 Å². The first kappa shape index (κ1) is 33.9. The van der Waals surface area contributed by atoms with Gasteiger partial charge in [0.15, 0.2) is 0 Å². The van der Waals surface area contributed by atoms with Gasteiger partial charge in [-0.05, 0) is 78.4 Å². The summed E-state index contributed by atoms with van der Waals surface area (Å²) >= 11 is 0. The Kier molecular flexibility index (Phi) is 8.98. The van der Waals surface area contributed by atoms with Crippen molar-refractivity contribution in [3.05, 3.63) is 0 Å². The van der Waals surface area contributed by atoms with E-state index in [2.05, 4.69) is 39.3 Å². The average Bonchev–Trinajstić information content (AvgIpc) is 3.15. The van der Waals surface area contributed by atoms with Gasteiger partial charge in [0.25, 0.3) is 0 Å². The molecule has 5 N–H and O–H groups in total. The molecule has 5 fully saturated rings. The normalized spacial score (nSPS) is 50.8. The van der Waals surface area contributed by atoms with Crippen LogP contribution < -0.4 is 4.72 Å². The summed E-state index contributed by atoms with van der Waals surface area (Å²) in [5.41, 5.74) is -1.19. The number of nitrogens with one attached hydrogen (secondary N) is 1. The number of hydrogen-bond donors (Lipinski definition) is 5. The summed E-state index contributed by atoms with van der Waals surface area (Å²) in [6.07, 6.45) is -4.35. The summed E-state index contributed by atoms with van der Waals surface area (Å²) in [5, 5.41) is 34.8. The van der Waals surface area contributed by atoms with Crippen LogP contribution in [0.1, 0.15) is 73.6 Å². The van der Waals surface area contributed by atoms with Gasteiger partial charge in [-0.1, -0.05) is 41.5 Å². The standard InChI is InChI=1S/C29H51NO11S2/c1-13(2)15(4)18-12-14(3)20-26(39-18)27(41-42(34,35)30-7)21-19-16(8-10-29(20,21)6)28(5)11-9-17(40-43(36,37)38)23(31)22(28)25(33)24(19)32/h13-27,30-33H,8-12H2,1-7H3,(H,36,37,38)/t14-,15-,16+,17-,18-,19-,20+,21-,22-,23+,24-,25+,26+,27+,28-,29-/m1/s1. The Hall–Kier alpha value is -0.420. The van der Waals surface area contributed by atoms with Crippen LogP contribution in [-0.2, 0) is 33.8 Å². The van der Waals surface area contributed by atoms with Crippen LogP contribution in [0, 0.1) is 58.2 Å². The minimum atomic E-state index is -4.85. The highest BCUT2D eigenvalue weighted by Crippen LogP contribution is 2.70. The molecule has 250 valence electrons. The maximum Gasteiger partial charge on any atom is 0.397 e. The SMILES string of the molecule is CNS(=O)(=O)O[C@@H]1[C@H]2O[C@@H]([C@H](C)C(C)C)C[C@@H](C)[C@@H]2[C@@]2(C)CC[C@H]3[C@@H]([C@@H](O)[C@@H](O)[C@H]4[C@@H](O)[C@H](OS(=O)(=O)O)CC[C@@]43C)[C@H]12. The lowest BCUT2D eigenvalue weighted by atomic mass is 9.42. The van der Waals surface area contributed by atoms with E-state index >= 15 is 0 Å². The second-order valence-corrected chi connectivity index (χ2v) is 17.6. The molecular weight excluding hydrogens is 602 g/mol. The summed E-state index contributed by atoms with van der Waals surface area (Å²) in [7, 11) is -7.71. The highest BCUT2D eigenvalue weighted by molar-refractivity contribution is 7.84. The lowest BCUT2D eigenvalue weighted by Crippen LogP contribution is -2.68. The van der Waals surface area contributed by atoms with Crippen molar-refractivity contribution in [1.29, 1.82) is 0 Å². The van der Waals surface area contributed by atoms with Crippen molar-refractivity contribution in [3.63, 3.8) is 0 Å². The molecule has 4 aliphatic carbocycles. The Morgan fingerprint density at radius 3 is 2.09 bits per heavy atom. The van der Waals surface area contributed by atoms with Gasteiger partial charge >= 0.3 is 20.7 Å².